The lowest BCUT2D eigenvalue weighted by Crippen LogP contribution is -2.30. The highest BCUT2D eigenvalue weighted by molar-refractivity contribution is 7.14. The Morgan fingerprint density at radius 2 is 1.96 bits per heavy atom. The van der Waals surface area contributed by atoms with Crippen molar-refractivity contribution < 1.29 is 9.90 Å². The van der Waals surface area contributed by atoms with E-state index in [-0.39, 0.29) is 6.42 Å². The Hall–Kier alpha value is -1.40. The normalized spacial score (nSPS) is 20.3. The molecular weight excluding hydrogens is 388 g/mol. The second-order valence-corrected chi connectivity index (χ2v) is 11.2. The highest BCUT2D eigenvalue weighted by Crippen LogP contribution is 2.43. The largest absolute Gasteiger partial charge is 0.550 e. The highest BCUT2D eigenvalue weighted by Gasteiger charge is 2.31. The minimum absolute atomic E-state index is 0.0238. The lowest BCUT2D eigenvalue weighted by atomic mass is 9.69. The molecule has 1 aliphatic carbocycles. The number of carbonyl (C=O) groups excluding carboxylic acids is 1. The monoisotopic (exact) mass is 419 g/mol. The third-order valence-corrected chi connectivity index (χ3v) is 7.78. The number of thiophene rings is 1. The van der Waals surface area contributed by atoms with Crippen molar-refractivity contribution in [3.05, 3.63) is 33.0 Å². The zero-order valence-corrected chi connectivity index (χ0v) is 19.0. The lowest BCUT2D eigenvalue weighted by Gasteiger charge is -2.36. The van der Waals surface area contributed by atoms with E-state index >= 15 is 0 Å². The number of carboxylic acids is 1. The molecule has 2 heterocycles. The second kappa shape index (κ2) is 8.95. The molecule has 2 aromatic heterocycles. The van der Waals surface area contributed by atoms with Gasteiger partial charge in [-0.25, -0.2) is 4.98 Å². The average Bonchev–Trinajstić information content (AvgIpc) is 3.27. The summed E-state index contributed by atoms with van der Waals surface area (Å²) in [6, 6.07) is 4.23. The first kappa shape index (κ1) is 21.3. The van der Waals surface area contributed by atoms with Crippen molar-refractivity contribution in [3.63, 3.8) is 0 Å². The molecule has 0 radical (unpaired) electrons. The molecule has 4 nitrogen and oxygen atoms in total. The van der Waals surface area contributed by atoms with E-state index in [1.807, 2.05) is 0 Å². The van der Waals surface area contributed by atoms with E-state index in [4.69, 9.17) is 4.98 Å². The molecule has 1 fully saturated rings. The van der Waals surface area contributed by atoms with Gasteiger partial charge in [0.1, 0.15) is 0 Å². The minimum Gasteiger partial charge on any atom is -0.550 e. The first-order chi connectivity index (χ1) is 13.2. The van der Waals surface area contributed by atoms with Crippen LogP contribution in [-0.4, -0.2) is 17.5 Å². The van der Waals surface area contributed by atoms with Crippen LogP contribution in [0.5, 0.6) is 0 Å². The van der Waals surface area contributed by atoms with Crippen molar-refractivity contribution in [3.8, 4) is 0 Å². The summed E-state index contributed by atoms with van der Waals surface area (Å²) < 4.78 is 0. The number of hydrogen-bond acceptors (Lipinski definition) is 6. The van der Waals surface area contributed by atoms with E-state index in [0.717, 1.165) is 11.0 Å². The Bertz CT molecular complexity index is 783. The van der Waals surface area contributed by atoms with Crippen LogP contribution in [0.15, 0.2) is 17.5 Å². The van der Waals surface area contributed by atoms with Gasteiger partial charge in [0.05, 0.1) is 12.2 Å². The van der Waals surface area contributed by atoms with Gasteiger partial charge in [-0.3, -0.25) is 0 Å². The molecule has 0 spiro atoms. The molecule has 154 valence electrons. The molecule has 28 heavy (non-hydrogen) atoms. The summed E-state index contributed by atoms with van der Waals surface area (Å²) in [6.07, 6.45) is 4.96. The third kappa shape index (κ3) is 5.57. The van der Waals surface area contributed by atoms with Crippen molar-refractivity contribution in [1.29, 1.82) is 0 Å². The maximum atomic E-state index is 11.0. The number of carboxylic acid groups (broad SMARTS) is 1. The van der Waals surface area contributed by atoms with Crippen molar-refractivity contribution in [2.45, 2.75) is 72.3 Å². The van der Waals surface area contributed by atoms with Crippen LogP contribution in [0.1, 0.15) is 74.2 Å². The van der Waals surface area contributed by atoms with Gasteiger partial charge in [0.15, 0.2) is 5.13 Å². The molecule has 0 amide bonds. The summed E-state index contributed by atoms with van der Waals surface area (Å²) >= 11 is 3.40. The van der Waals surface area contributed by atoms with E-state index in [2.05, 4.69) is 50.1 Å². The maximum Gasteiger partial charge on any atom is 0.185 e. The molecule has 0 unspecified atom stereocenters. The van der Waals surface area contributed by atoms with Crippen molar-refractivity contribution in [2.24, 2.45) is 11.3 Å². The van der Waals surface area contributed by atoms with Crippen molar-refractivity contribution in [2.75, 3.05) is 11.4 Å². The molecule has 1 aliphatic rings. The summed E-state index contributed by atoms with van der Waals surface area (Å²) in [5.41, 5.74) is 1.58. The molecule has 0 aromatic carbocycles. The number of thiazole rings is 1. The van der Waals surface area contributed by atoms with Crippen LogP contribution in [-0.2, 0) is 11.3 Å². The maximum absolute atomic E-state index is 11.0. The number of aromatic nitrogens is 1. The standard InChI is InChI=1S/C22H32N2O2S2/c1-15-5-10-18(28-15)13-24(12-11-20(25)26)21-23-19(14-27-21)16-6-8-17(9-7-16)22(2,3)4/h5,10,14,16-17H,6-9,11-13H2,1-4H3,(H,25,26)/p-1. The smallest absolute Gasteiger partial charge is 0.185 e. The highest BCUT2D eigenvalue weighted by atomic mass is 32.1. The zero-order chi connectivity index (χ0) is 20.3. The lowest BCUT2D eigenvalue weighted by molar-refractivity contribution is -0.305. The molecule has 1 saturated carbocycles. The average molecular weight is 420 g/mol. The Morgan fingerprint density at radius 3 is 2.54 bits per heavy atom. The topological polar surface area (TPSA) is 56.3 Å². The second-order valence-electron chi connectivity index (χ2n) is 9.03. The number of hydrogen-bond donors (Lipinski definition) is 0. The van der Waals surface area contributed by atoms with Crippen LogP contribution in [0.25, 0.3) is 0 Å². The van der Waals surface area contributed by atoms with Gasteiger partial charge in [-0.2, -0.15) is 0 Å². The summed E-state index contributed by atoms with van der Waals surface area (Å²) in [6.45, 7) is 10.3. The van der Waals surface area contributed by atoms with Gasteiger partial charge in [-0.05, 0) is 56.1 Å². The number of aliphatic carboxylic acids is 1. The van der Waals surface area contributed by atoms with Crippen LogP contribution in [0.3, 0.4) is 0 Å². The van der Waals surface area contributed by atoms with Crippen LogP contribution < -0.4 is 10.0 Å². The fourth-order valence-corrected chi connectivity index (χ4v) is 5.93. The summed E-state index contributed by atoms with van der Waals surface area (Å²) in [7, 11) is 0. The minimum atomic E-state index is -1.01. The molecule has 0 saturated heterocycles. The fraction of sp³-hybridized carbons (Fsp3) is 0.636. The molecule has 0 aliphatic heterocycles. The van der Waals surface area contributed by atoms with E-state index in [1.165, 1.54) is 41.1 Å². The molecule has 0 bridgehead atoms. The first-order valence-corrected chi connectivity index (χ1v) is 11.9. The van der Waals surface area contributed by atoms with Gasteiger partial charge in [0, 0.05) is 40.0 Å². The van der Waals surface area contributed by atoms with Gasteiger partial charge < -0.3 is 14.8 Å². The van der Waals surface area contributed by atoms with E-state index in [9.17, 15) is 9.90 Å². The Morgan fingerprint density at radius 1 is 1.25 bits per heavy atom. The zero-order valence-electron chi connectivity index (χ0n) is 17.4. The number of aryl methyl sites for hydroxylation is 1. The van der Waals surface area contributed by atoms with Crippen LogP contribution in [0.2, 0.25) is 0 Å². The predicted molar refractivity (Wildman–Crippen MR) is 116 cm³/mol. The molecular formula is C22H31N2O2S2-. The SMILES string of the molecule is Cc1ccc(CN(CCC(=O)[O-])c2nc(C3CCC(C(C)(C)C)CC3)cs2)s1. The Labute approximate surface area is 176 Å². The summed E-state index contributed by atoms with van der Waals surface area (Å²) in [5.74, 6) is 0.323. The molecule has 3 rings (SSSR count). The molecule has 2 aromatic rings. The predicted octanol–water partition coefficient (Wildman–Crippen LogP) is 4.98. The van der Waals surface area contributed by atoms with Crippen molar-refractivity contribution in [1.82, 2.24) is 4.98 Å². The number of nitrogens with zero attached hydrogens (tertiary/aromatic N) is 2. The van der Waals surface area contributed by atoms with Crippen LogP contribution in [0.4, 0.5) is 5.13 Å². The third-order valence-electron chi connectivity index (χ3n) is 5.88. The number of anilines is 1. The molecule has 0 N–H and O–H groups in total. The van der Waals surface area contributed by atoms with Crippen LogP contribution >= 0.6 is 22.7 Å². The quantitative estimate of drug-likeness (QED) is 0.635. The van der Waals surface area contributed by atoms with Gasteiger partial charge in [0.2, 0.25) is 0 Å². The van der Waals surface area contributed by atoms with Crippen LogP contribution in [0, 0.1) is 18.3 Å². The van der Waals surface area contributed by atoms with E-state index < -0.39 is 5.97 Å². The first-order valence-electron chi connectivity index (χ1n) is 10.2. The molecule has 0 atom stereocenters. The summed E-state index contributed by atoms with van der Waals surface area (Å²) in [5, 5.41) is 14.1. The van der Waals surface area contributed by atoms with E-state index in [0.29, 0.717) is 24.4 Å². The number of rotatable bonds is 7. The fourth-order valence-electron chi connectivity index (χ4n) is 4.09. The summed E-state index contributed by atoms with van der Waals surface area (Å²) in [4.78, 5) is 20.5. The molecule has 6 heteroatoms. The van der Waals surface area contributed by atoms with Gasteiger partial charge in [-0.1, -0.05) is 20.8 Å². The Kier molecular flexibility index (Phi) is 6.81. The van der Waals surface area contributed by atoms with Gasteiger partial charge in [-0.15, -0.1) is 22.7 Å². The number of carbonyl (C=O) groups is 1. The van der Waals surface area contributed by atoms with E-state index in [1.54, 1.807) is 22.7 Å². The van der Waals surface area contributed by atoms with Gasteiger partial charge >= 0.3 is 0 Å². The van der Waals surface area contributed by atoms with Gasteiger partial charge in [0.25, 0.3) is 0 Å². The Balaban J connectivity index is 1.68. The van der Waals surface area contributed by atoms with Crippen molar-refractivity contribution >= 4 is 33.8 Å².